The summed E-state index contributed by atoms with van der Waals surface area (Å²) in [5.74, 6) is 0. The smallest absolute Gasteiger partial charge is 0.102 e. The first-order valence-corrected chi connectivity index (χ1v) is 12.6. The van der Waals surface area contributed by atoms with E-state index in [1.54, 1.807) is 0 Å². The van der Waals surface area contributed by atoms with Crippen molar-refractivity contribution >= 4 is 0 Å². The highest BCUT2D eigenvalue weighted by Gasteiger charge is 2.19. The SMILES string of the molecule is CCCCCCCCCCC[N+](C)(CCO)CCCCCCCCCCC. The fraction of sp³-hybridized carbons (Fsp3) is 1.00. The molecule has 0 heterocycles. The second kappa shape index (κ2) is 20.6. The van der Waals surface area contributed by atoms with E-state index < -0.39 is 0 Å². The van der Waals surface area contributed by atoms with Crippen LogP contribution in [0.25, 0.3) is 0 Å². The van der Waals surface area contributed by atoms with E-state index in [2.05, 4.69) is 20.9 Å². The van der Waals surface area contributed by atoms with Crippen LogP contribution in [0.3, 0.4) is 0 Å². The van der Waals surface area contributed by atoms with Crippen LogP contribution < -0.4 is 0 Å². The number of quaternary nitrogens is 1. The number of unbranched alkanes of at least 4 members (excludes halogenated alkanes) is 16. The van der Waals surface area contributed by atoms with E-state index in [-0.39, 0.29) is 0 Å². The van der Waals surface area contributed by atoms with Crippen molar-refractivity contribution in [3.8, 4) is 0 Å². The summed E-state index contributed by atoms with van der Waals surface area (Å²) < 4.78 is 1.09. The van der Waals surface area contributed by atoms with Crippen LogP contribution in [0.1, 0.15) is 129 Å². The maximum Gasteiger partial charge on any atom is 0.102 e. The molecule has 0 bridgehead atoms. The molecule has 0 rings (SSSR count). The zero-order valence-corrected chi connectivity index (χ0v) is 19.5. The molecule has 0 aromatic heterocycles. The minimum Gasteiger partial charge on any atom is -0.391 e. The van der Waals surface area contributed by atoms with Gasteiger partial charge >= 0.3 is 0 Å². The fourth-order valence-electron chi connectivity index (χ4n) is 4.19. The molecule has 0 saturated carbocycles. The monoisotopic (exact) mass is 384 g/mol. The summed E-state index contributed by atoms with van der Waals surface area (Å²) >= 11 is 0. The highest BCUT2D eigenvalue weighted by Crippen LogP contribution is 2.15. The van der Waals surface area contributed by atoms with Gasteiger partial charge in [-0.2, -0.15) is 0 Å². The molecule has 0 unspecified atom stereocenters. The van der Waals surface area contributed by atoms with Crippen molar-refractivity contribution < 1.29 is 9.59 Å². The normalized spacial score (nSPS) is 12.0. The zero-order chi connectivity index (χ0) is 20.1. The topological polar surface area (TPSA) is 20.2 Å². The van der Waals surface area contributed by atoms with Crippen molar-refractivity contribution in [2.24, 2.45) is 0 Å². The Kier molecular flexibility index (Phi) is 20.6. The van der Waals surface area contributed by atoms with Crippen molar-refractivity contribution in [1.29, 1.82) is 0 Å². The molecule has 0 spiro atoms. The van der Waals surface area contributed by atoms with Gasteiger partial charge in [-0.05, 0) is 25.7 Å². The Morgan fingerprint density at radius 3 is 1.04 bits per heavy atom. The van der Waals surface area contributed by atoms with Crippen LogP contribution in [-0.2, 0) is 0 Å². The minimum atomic E-state index is 0.339. The van der Waals surface area contributed by atoms with Gasteiger partial charge in [-0.25, -0.2) is 0 Å². The molecule has 0 aromatic rings. The predicted molar refractivity (Wildman–Crippen MR) is 122 cm³/mol. The summed E-state index contributed by atoms with van der Waals surface area (Å²) in [5, 5.41) is 9.47. The van der Waals surface area contributed by atoms with Gasteiger partial charge in [-0.15, -0.1) is 0 Å². The second-order valence-electron chi connectivity index (χ2n) is 9.17. The van der Waals surface area contributed by atoms with E-state index in [4.69, 9.17) is 0 Å². The number of likely N-dealkylation sites (N-methyl/N-ethyl adjacent to an activating group) is 1. The van der Waals surface area contributed by atoms with Crippen LogP contribution in [0.2, 0.25) is 0 Å². The van der Waals surface area contributed by atoms with Gasteiger partial charge in [0.25, 0.3) is 0 Å². The Bertz CT molecular complexity index is 257. The molecular formula is C25H54NO+. The minimum absolute atomic E-state index is 0.339. The molecule has 0 aromatic carbocycles. The highest BCUT2D eigenvalue weighted by atomic mass is 16.3. The predicted octanol–water partition coefficient (Wildman–Crippen LogP) is 7.49. The molecule has 0 atom stereocenters. The van der Waals surface area contributed by atoms with Crippen LogP contribution in [0.5, 0.6) is 0 Å². The molecule has 2 heteroatoms. The Balaban J connectivity index is 3.63. The standard InChI is InChI=1S/C25H54NO/c1-4-6-8-10-12-14-16-18-20-22-26(3,24-25-27)23-21-19-17-15-13-11-9-7-5-2/h27H,4-25H2,1-3H3/q+1. The number of aliphatic hydroxyl groups excluding tert-OH is 1. The van der Waals surface area contributed by atoms with E-state index in [0.717, 1.165) is 11.0 Å². The summed E-state index contributed by atoms with van der Waals surface area (Å²) in [7, 11) is 2.37. The number of hydrogen-bond acceptors (Lipinski definition) is 1. The summed E-state index contributed by atoms with van der Waals surface area (Å²) in [4.78, 5) is 0. The van der Waals surface area contributed by atoms with E-state index in [1.807, 2.05) is 0 Å². The molecule has 2 nitrogen and oxygen atoms in total. The Morgan fingerprint density at radius 1 is 0.444 bits per heavy atom. The zero-order valence-electron chi connectivity index (χ0n) is 19.5. The van der Waals surface area contributed by atoms with Crippen LogP contribution in [0, 0.1) is 0 Å². The molecule has 0 amide bonds. The van der Waals surface area contributed by atoms with Crippen LogP contribution in [-0.4, -0.2) is 42.9 Å². The quantitative estimate of drug-likeness (QED) is 0.151. The number of nitrogens with zero attached hydrogens (tertiary/aromatic N) is 1. The number of aliphatic hydroxyl groups is 1. The van der Waals surface area contributed by atoms with Crippen molar-refractivity contribution in [2.75, 3.05) is 33.3 Å². The molecule has 27 heavy (non-hydrogen) atoms. The summed E-state index contributed by atoms with van der Waals surface area (Å²) in [6, 6.07) is 0. The molecule has 0 fully saturated rings. The van der Waals surface area contributed by atoms with Crippen molar-refractivity contribution in [1.82, 2.24) is 0 Å². The largest absolute Gasteiger partial charge is 0.391 e. The van der Waals surface area contributed by atoms with Gasteiger partial charge in [0.15, 0.2) is 0 Å². The lowest BCUT2D eigenvalue weighted by atomic mass is 10.1. The van der Waals surface area contributed by atoms with Crippen LogP contribution >= 0.6 is 0 Å². The van der Waals surface area contributed by atoms with Crippen LogP contribution in [0.15, 0.2) is 0 Å². The van der Waals surface area contributed by atoms with E-state index >= 15 is 0 Å². The third kappa shape index (κ3) is 19.0. The van der Waals surface area contributed by atoms with Gasteiger partial charge in [-0.1, -0.05) is 104 Å². The van der Waals surface area contributed by atoms with Gasteiger partial charge in [0, 0.05) is 0 Å². The molecule has 0 aliphatic carbocycles. The molecule has 164 valence electrons. The third-order valence-corrected chi connectivity index (χ3v) is 6.24. The van der Waals surface area contributed by atoms with Gasteiger partial charge in [0.05, 0.1) is 26.7 Å². The molecular weight excluding hydrogens is 330 g/mol. The Labute approximate surface area is 172 Å². The molecule has 0 radical (unpaired) electrons. The van der Waals surface area contributed by atoms with Gasteiger partial charge in [-0.3, -0.25) is 0 Å². The van der Waals surface area contributed by atoms with Crippen LogP contribution in [0.4, 0.5) is 0 Å². The Morgan fingerprint density at radius 2 is 0.741 bits per heavy atom. The molecule has 0 saturated heterocycles. The Hall–Kier alpha value is -0.0800. The summed E-state index contributed by atoms with van der Waals surface area (Å²) in [6.45, 7) is 8.37. The molecule has 1 N–H and O–H groups in total. The van der Waals surface area contributed by atoms with E-state index in [0.29, 0.717) is 6.61 Å². The summed E-state index contributed by atoms with van der Waals surface area (Å²) in [5.41, 5.74) is 0. The average molecular weight is 385 g/mol. The number of rotatable bonds is 22. The lowest BCUT2D eigenvalue weighted by Gasteiger charge is -2.34. The highest BCUT2D eigenvalue weighted by molar-refractivity contribution is 4.50. The van der Waals surface area contributed by atoms with Gasteiger partial charge in [0.1, 0.15) is 6.54 Å². The molecule has 0 aliphatic rings. The summed E-state index contributed by atoms with van der Waals surface area (Å²) in [6.07, 6.45) is 25.2. The lowest BCUT2D eigenvalue weighted by Crippen LogP contribution is -2.47. The number of hydrogen-bond donors (Lipinski definition) is 1. The first-order valence-electron chi connectivity index (χ1n) is 12.6. The average Bonchev–Trinajstić information content (AvgIpc) is 2.66. The first kappa shape index (κ1) is 26.9. The second-order valence-corrected chi connectivity index (χ2v) is 9.17. The van der Waals surface area contributed by atoms with E-state index in [9.17, 15) is 5.11 Å². The maximum atomic E-state index is 9.47. The van der Waals surface area contributed by atoms with Crippen molar-refractivity contribution in [3.05, 3.63) is 0 Å². The maximum absolute atomic E-state index is 9.47. The van der Waals surface area contributed by atoms with Gasteiger partial charge in [0.2, 0.25) is 0 Å². The van der Waals surface area contributed by atoms with Gasteiger partial charge < -0.3 is 9.59 Å². The van der Waals surface area contributed by atoms with Crippen molar-refractivity contribution in [3.63, 3.8) is 0 Å². The third-order valence-electron chi connectivity index (χ3n) is 6.24. The lowest BCUT2D eigenvalue weighted by molar-refractivity contribution is -0.910. The molecule has 0 aliphatic heterocycles. The fourth-order valence-corrected chi connectivity index (χ4v) is 4.19. The van der Waals surface area contributed by atoms with Crippen molar-refractivity contribution in [2.45, 2.75) is 129 Å². The first-order chi connectivity index (χ1) is 13.2. The van der Waals surface area contributed by atoms with E-state index in [1.165, 1.54) is 129 Å².